The number of aromatic nitrogens is 2. The number of amides is 1. The van der Waals surface area contributed by atoms with E-state index in [0.717, 1.165) is 50.8 Å². The van der Waals surface area contributed by atoms with E-state index in [4.69, 9.17) is 0 Å². The van der Waals surface area contributed by atoms with Crippen molar-refractivity contribution in [1.82, 2.24) is 14.9 Å². The molecular weight excluding hydrogens is 266 g/mol. The van der Waals surface area contributed by atoms with E-state index in [9.17, 15) is 9.90 Å². The van der Waals surface area contributed by atoms with Crippen molar-refractivity contribution in [3.8, 4) is 0 Å². The van der Waals surface area contributed by atoms with Gasteiger partial charge in [-0.2, -0.15) is 0 Å². The standard InChI is InChI=1S/C16H23N3O2/c1-11-9-18-13(10-17-11)16(21)19-8-4-6-14(19)12-5-2-3-7-15(12)20/h9-10,12,14-15,20H,2-8H2,1H3. The first-order chi connectivity index (χ1) is 10.2. The highest BCUT2D eigenvalue weighted by molar-refractivity contribution is 5.92. The third-order valence-corrected chi connectivity index (χ3v) is 4.84. The molecule has 3 rings (SSSR count). The van der Waals surface area contributed by atoms with Crippen LogP contribution >= 0.6 is 0 Å². The van der Waals surface area contributed by atoms with Gasteiger partial charge in [0, 0.05) is 24.7 Å². The van der Waals surface area contributed by atoms with Crippen molar-refractivity contribution < 1.29 is 9.90 Å². The molecule has 5 heteroatoms. The molecule has 114 valence electrons. The molecule has 1 amide bonds. The number of carbonyl (C=O) groups is 1. The number of hydrogen-bond acceptors (Lipinski definition) is 4. The minimum atomic E-state index is -0.263. The van der Waals surface area contributed by atoms with Crippen LogP contribution in [0, 0.1) is 12.8 Å². The number of rotatable bonds is 2. The number of nitrogens with zero attached hydrogens (tertiary/aromatic N) is 3. The number of aliphatic hydroxyl groups is 1. The molecule has 3 unspecified atom stereocenters. The van der Waals surface area contributed by atoms with E-state index >= 15 is 0 Å². The predicted molar refractivity (Wildman–Crippen MR) is 78.8 cm³/mol. The quantitative estimate of drug-likeness (QED) is 0.903. The van der Waals surface area contributed by atoms with Crippen LogP contribution in [-0.2, 0) is 0 Å². The lowest BCUT2D eigenvalue weighted by atomic mass is 9.80. The summed E-state index contributed by atoms with van der Waals surface area (Å²) in [7, 11) is 0. The van der Waals surface area contributed by atoms with Crippen LogP contribution in [-0.4, -0.2) is 44.6 Å². The maximum atomic E-state index is 12.7. The number of carbonyl (C=O) groups excluding carboxylic acids is 1. The molecule has 1 N–H and O–H groups in total. The van der Waals surface area contributed by atoms with Crippen molar-refractivity contribution in [2.75, 3.05) is 6.54 Å². The Hall–Kier alpha value is -1.49. The van der Waals surface area contributed by atoms with Crippen LogP contribution in [0.2, 0.25) is 0 Å². The molecule has 2 fully saturated rings. The van der Waals surface area contributed by atoms with Gasteiger partial charge in [0.1, 0.15) is 5.69 Å². The normalized spacial score (nSPS) is 29.6. The molecular formula is C16H23N3O2. The Labute approximate surface area is 125 Å². The van der Waals surface area contributed by atoms with E-state index in [-0.39, 0.29) is 24.0 Å². The summed E-state index contributed by atoms with van der Waals surface area (Å²) in [6.45, 7) is 2.63. The Morgan fingerprint density at radius 3 is 2.71 bits per heavy atom. The minimum absolute atomic E-state index is 0.0391. The van der Waals surface area contributed by atoms with Crippen LogP contribution in [0.1, 0.15) is 54.7 Å². The number of hydrogen-bond donors (Lipinski definition) is 1. The third-order valence-electron chi connectivity index (χ3n) is 4.84. The molecule has 1 aromatic rings. The van der Waals surface area contributed by atoms with Crippen LogP contribution in [0.5, 0.6) is 0 Å². The van der Waals surface area contributed by atoms with E-state index < -0.39 is 0 Å². The molecule has 1 saturated heterocycles. The zero-order chi connectivity index (χ0) is 14.8. The minimum Gasteiger partial charge on any atom is -0.393 e. The molecule has 1 aliphatic carbocycles. The van der Waals surface area contributed by atoms with Gasteiger partial charge >= 0.3 is 0 Å². The highest BCUT2D eigenvalue weighted by Crippen LogP contribution is 2.35. The van der Waals surface area contributed by atoms with Crippen molar-refractivity contribution in [1.29, 1.82) is 0 Å². The van der Waals surface area contributed by atoms with Crippen LogP contribution in [0.25, 0.3) is 0 Å². The fraction of sp³-hybridized carbons (Fsp3) is 0.688. The Morgan fingerprint density at radius 2 is 2.00 bits per heavy atom. The third kappa shape index (κ3) is 2.93. The summed E-state index contributed by atoms with van der Waals surface area (Å²) in [5.74, 6) is 0.186. The molecule has 21 heavy (non-hydrogen) atoms. The Morgan fingerprint density at radius 1 is 1.19 bits per heavy atom. The van der Waals surface area contributed by atoms with E-state index in [1.54, 1.807) is 12.4 Å². The molecule has 1 aliphatic heterocycles. The molecule has 2 aliphatic rings. The van der Waals surface area contributed by atoms with Gasteiger partial charge in [-0.1, -0.05) is 12.8 Å². The van der Waals surface area contributed by atoms with Gasteiger partial charge in [0.2, 0.25) is 0 Å². The fourth-order valence-corrected chi connectivity index (χ4v) is 3.73. The maximum Gasteiger partial charge on any atom is 0.274 e. The monoisotopic (exact) mass is 289 g/mol. The van der Waals surface area contributed by atoms with Crippen molar-refractivity contribution in [2.24, 2.45) is 5.92 Å². The number of aryl methyl sites for hydroxylation is 1. The van der Waals surface area contributed by atoms with Gasteiger partial charge in [-0.25, -0.2) is 4.98 Å². The topological polar surface area (TPSA) is 66.3 Å². The lowest BCUT2D eigenvalue weighted by molar-refractivity contribution is 0.0209. The predicted octanol–water partition coefficient (Wildman–Crippen LogP) is 1.94. The number of likely N-dealkylation sites (tertiary alicyclic amines) is 1. The average Bonchev–Trinajstić information content (AvgIpc) is 2.97. The smallest absolute Gasteiger partial charge is 0.274 e. The molecule has 0 aromatic carbocycles. The van der Waals surface area contributed by atoms with Gasteiger partial charge in [0.15, 0.2) is 0 Å². The molecule has 1 aromatic heterocycles. The van der Waals surface area contributed by atoms with E-state index in [1.807, 2.05) is 11.8 Å². The van der Waals surface area contributed by atoms with Gasteiger partial charge in [-0.05, 0) is 32.6 Å². The first kappa shape index (κ1) is 14.4. The highest BCUT2D eigenvalue weighted by atomic mass is 16.3. The molecule has 0 radical (unpaired) electrons. The van der Waals surface area contributed by atoms with Crippen molar-refractivity contribution in [3.05, 3.63) is 23.8 Å². The first-order valence-electron chi connectivity index (χ1n) is 7.94. The summed E-state index contributed by atoms with van der Waals surface area (Å²) in [5, 5.41) is 10.3. The lowest BCUT2D eigenvalue weighted by Gasteiger charge is -2.37. The molecule has 0 spiro atoms. The zero-order valence-electron chi connectivity index (χ0n) is 12.5. The second-order valence-corrected chi connectivity index (χ2v) is 6.27. The van der Waals surface area contributed by atoms with E-state index in [2.05, 4.69) is 9.97 Å². The lowest BCUT2D eigenvalue weighted by Crippen LogP contribution is -2.45. The van der Waals surface area contributed by atoms with E-state index in [0.29, 0.717) is 5.69 Å². The van der Waals surface area contributed by atoms with Gasteiger partial charge in [0.05, 0.1) is 18.0 Å². The first-order valence-corrected chi connectivity index (χ1v) is 7.94. The summed E-state index contributed by atoms with van der Waals surface area (Å²) in [4.78, 5) is 22.9. The largest absolute Gasteiger partial charge is 0.393 e. The second kappa shape index (κ2) is 6.10. The van der Waals surface area contributed by atoms with Gasteiger partial charge in [0.25, 0.3) is 5.91 Å². The molecule has 1 saturated carbocycles. The Bertz CT molecular complexity index is 503. The highest BCUT2D eigenvalue weighted by Gasteiger charge is 2.39. The van der Waals surface area contributed by atoms with Crippen LogP contribution in [0.15, 0.2) is 12.4 Å². The van der Waals surface area contributed by atoms with Crippen LogP contribution in [0.4, 0.5) is 0 Å². The van der Waals surface area contributed by atoms with Gasteiger partial charge in [-0.15, -0.1) is 0 Å². The summed E-state index contributed by atoms with van der Waals surface area (Å²) >= 11 is 0. The van der Waals surface area contributed by atoms with Crippen molar-refractivity contribution >= 4 is 5.91 Å². The van der Waals surface area contributed by atoms with Gasteiger partial charge in [-0.3, -0.25) is 9.78 Å². The average molecular weight is 289 g/mol. The molecule has 0 bridgehead atoms. The van der Waals surface area contributed by atoms with Gasteiger partial charge < -0.3 is 10.0 Å². The maximum absolute atomic E-state index is 12.7. The van der Waals surface area contributed by atoms with Crippen LogP contribution < -0.4 is 0 Å². The molecule has 2 heterocycles. The Kier molecular flexibility index (Phi) is 4.19. The van der Waals surface area contributed by atoms with Crippen molar-refractivity contribution in [2.45, 2.75) is 57.6 Å². The molecule has 3 atom stereocenters. The van der Waals surface area contributed by atoms with E-state index in [1.165, 1.54) is 0 Å². The SMILES string of the molecule is Cc1cnc(C(=O)N2CCCC2C2CCCCC2O)cn1. The Balaban J connectivity index is 1.76. The molecule has 5 nitrogen and oxygen atoms in total. The number of aliphatic hydroxyl groups excluding tert-OH is 1. The summed E-state index contributed by atoms with van der Waals surface area (Å²) in [6.07, 6.45) is 9.08. The fourth-order valence-electron chi connectivity index (χ4n) is 3.73. The second-order valence-electron chi connectivity index (χ2n) is 6.27. The van der Waals surface area contributed by atoms with Crippen molar-refractivity contribution in [3.63, 3.8) is 0 Å². The zero-order valence-corrected chi connectivity index (χ0v) is 12.5. The summed E-state index contributed by atoms with van der Waals surface area (Å²) < 4.78 is 0. The van der Waals surface area contributed by atoms with Crippen LogP contribution in [0.3, 0.4) is 0 Å². The summed E-state index contributed by atoms with van der Waals surface area (Å²) in [6, 6.07) is 0.163. The summed E-state index contributed by atoms with van der Waals surface area (Å²) in [5.41, 5.74) is 1.23.